The van der Waals surface area contributed by atoms with E-state index < -0.39 is 19.9 Å². The van der Waals surface area contributed by atoms with Crippen molar-refractivity contribution in [1.82, 2.24) is 9.62 Å². The van der Waals surface area contributed by atoms with Crippen LogP contribution in [-0.4, -0.2) is 52.6 Å². The van der Waals surface area contributed by atoms with Crippen molar-refractivity contribution >= 4 is 25.8 Å². The molecule has 1 aromatic rings. The molecule has 146 valence electrons. The normalized spacial score (nSPS) is 20.5. The highest BCUT2D eigenvalue weighted by molar-refractivity contribution is 7.90. The minimum atomic E-state index is -3.30. The Bertz CT molecular complexity index is 848. The van der Waals surface area contributed by atoms with Crippen LogP contribution in [0.15, 0.2) is 29.2 Å². The molecule has 7 nitrogen and oxygen atoms in total. The number of piperidine rings is 1. The summed E-state index contributed by atoms with van der Waals surface area (Å²) < 4.78 is 47.9. The molecule has 0 saturated carbocycles. The lowest BCUT2D eigenvalue weighted by atomic mass is 9.97. The number of sulfone groups is 1. The molecule has 1 N–H and O–H groups in total. The fourth-order valence-corrected chi connectivity index (χ4v) is 4.66. The Hall–Kier alpha value is -1.45. The third-order valence-corrected chi connectivity index (χ3v) is 7.06. The summed E-state index contributed by atoms with van der Waals surface area (Å²) in [6.45, 7) is 2.58. The number of amides is 1. The van der Waals surface area contributed by atoms with E-state index in [1.54, 1.807) is 12.1 Å². The number of hydrogen-bond donors (Lipinski definition) is 1. The molecule has 1 fully saturated rings. The second kappa shape index (κ2) is 8.06. The Morgan fingerprint density at radius 3 is 2.31 bits per heavy atom. The zero-order valence-electron chi connectivity index (χ0n) is 15.3. The van der Waals surface area contributed by atoms with Gasteiger partial charge in [0.2, 0.25) is 15.9 Å². The number of hydrogen-bond acceptors (Lipinski definition) is 5. The van der Waals surface area contributed by atoms with Crippen molar-refractivity contribution in [3.63, 3.8) is 0 Å². The standard InChI is InChI=1S/C17H26N2O5S2/c1-4-16(13-7-9-15(10-8-13)25(2,21)22)18-17(20)14-6-5-11-19(12-14)26(3,23)24/h7-10,14,16H,4-6,11-12H2,1-3H3,(H,18,20)/t14-,16+/m1/s1. The van der Waals surface area contributed by atoms with Crippen molar-refractivity contribution in [3.8, 4) is 0 Å². The van der Waals surface area contributed by atoms with Gasteiger partial charge in [0.15, 0.2) is 9.84 Å². The molecule has 1 aromatic carbocycles. The van der Waals surface area contributed by atoms with Crippen LogP contribution in [0.3, 0.4) is 0 Å². The molecule has 0 unspecified atom stereocenters. The highest BCUT2D eigenvalue weighted by Crippen LogP contribution is 2.23. The second-order valence-electron chi connectivity index (χ2n) is 6.77. The van der Waals surface area contributed by atoms with Crippen LogP contribution in [0.2, 0.25) is 0 Å². The van der Waals surface area contributed by atoms with Crippen molar-refractivity contribution in [2.45, 2.75) is 37.1 Å². The number of sulfonamides is 1. The molecule has 2 atom stereocenters. The molecule has 0 aromatic heterocycles. The zero-order chi connectivity index (χ0) is 19.5. The molecule has 2 rings (SSSR count). The third kappa shape index (κ3) is 5.28. The van der Waals surface area contributed by atoms with Crippen LogP contribution in [0.4, 0.5) is 0 Å². The van der Waals surface area contributed by atoms with Gasteiger partial charge in [-0.05, 0) is 37.0 Å². The molecule has 0 bridgehead atoms. The average molecular weight is 403 g/mol. The quantitative estimate of drug-likeness (QED) is 0.774. The van der Waals surface area contributed by atoms with Gasteiger partial charge >= 0.3 is 0 Å². The third-order valence-electron chi connectivity index (χ3n) is 4.66. The number of carbonyl (C=O) groups is 1. The second-order valence-corrected chi connectivity index (χ2v) is 10.8. The van der Waals surface area contributed by atoms with Gasteiger partial charge in [-0.2, -0.15) is 0 Å². The first-order chi connectivity index (χ1) is 12.0. The molecule has 1 aliphatic heterocycles. The number of nitrogens with one attached hydrogen (secondary N) is 1. The van der Waals surface area contributed by atoms with Gasteiger partial charge in [-0.25, -0.2) is 21.1 Å². The van der Waals surface area contributed by atoms with Gasteiger partial charge in [0.05, 0.1) is 23.1 Å². The summed E-state index contributed by atoms with van der Waals surface area (Å²) in [5.74, 6) is -0.541. The topological polar surface area (TPSA) is 101 Å². The van der Waals surface area contributed by atoms with E-state index >= 15 is 0 Å². The van der Waals surface area contributed by atoms with Gasteiger partial charge in [0.1, 0.15) is 0 Å². The molecule has 1 saturated heterocycles. The minimum Gasteiger partial charge on any atom is -0.349 e. The van der Waals surface area contributed by atoms with Crippen molar-refractivity contribution in [1.29, 1.82) is 0 Å². The molecule has 0 radical (unpaired) electrons. The maximum absolute atomic E-state index is 12.6. The van der Waals surface area contributed by atoms with Gasteiger partial charge < -0.3 is 5.32 Å². The number of rotatable bonds is 6. The van der Waals surface area contributed by atoms with Gasteiger partial charge in [-0.3, -0.25) is 4.79 Å². The Morgan fingerprint density at radius 2 is 1.81 bits per heavy atom. The van der Waals surface area contributed by atoms with Crippen molar-refractivity contribution in [2.24, 2.45) is 5.92 Å². The first-order valence-electron chi connectivity index (χ1n) is 8.58. The Labute approximate surface area is 155 Å². The lowest BCUT2D eigenvalue weighted by Gasteiger charge is -2.31. The minimum absolute atomic E-state index is 0.169. The van der Waals surface area contributed by atoms with Crippen LogP contribution in [0.5, 0.6) is 0 Å². The molecule has 1 heterocycles. The summed E-state index contributed by atoms with van der Waals surface area (Å²) in [6, 6.07) is 6.23. The van der Waals surface area contributed by atoms with E-state index in [4.69, 9.17) is 0 Å². The lowest BCUT2D eigenvalue weighted by molar-refractivity contribution is -0.126. The molecule has 1 amide bonds. The fourth-order valence-electron chi connectivity index (χ4n) is 3.12. The predicted octanol–water partition coefficient (Wildman–Crippen LogP) is 1.33. The van der Waals surface area contributed by atoms with Gasteiger partial charge in [0.25, 0.3) is 0 Å². The summed E-state index contributed by atoms with van der Waals surface area (Å²) >= 11 is 0. The van der Waals surface area contributed by atoms with E-state index in [0.717, 1.165) is 18.1 Å². The Balaban J connectivity index is 2.08. The van der Waals surface area contributed by atoms with Gasteiger partial charge in [-0.15, -0.1) is 0 Å². The van der Waals surface area contributed by atoms with Crippen molar-refractivity contribution < 1.29 is 21.6 Å². The molecule has 9 heteroatoms. The number of nitrogens with zero attached hydrogens (tertiary/aromatic N) is 1. The van der Waals surface area contributed by atoms with Crippen LogP contribution in [0, 0.1) is 5.92 Å². The highest BCUT2D eigenvalue weighted by atomic mass is 32.2. The van der Waals surface area contributed by atoms with E-state index in [1.807, 2.05) is 6.92 Å². The van der Waals surface area contributed by atoms with Crippen molar-refractivity contribution in [3.05, 3.63) is 29.8 Å². The highest BCUT2D eigenvalue weighted by Gasteiger charge is 2.31. The average Bonchev–Trinajstić information content (AvgIpc) is 2.58. The van der Waals surface area contributed by atoms with Crippen LogP contribution in [-0.2, 0) is 24.7 Å². The summed E-state index contributed by atoms with van der Waals surface area (Å²) in [4.78, 5) is 12.8. The summed E-state index contributed by atoms with van der Waals surface area (Å²) in [5, 5.41) is 2.97. The maximum Gasteiger partial charge on any atom is 0.224 e. The lowest BCUT2D eigenvalue weighted by Crippen LogP contribution is -2.45. The van der Waals surface area contributed by atoms with E-state index in [9.17, 15) is 21.6 Å². The molecular formula is C17H26N2O5S2. The first-order valence-corrected chi connectivity index (χ1v) is 12.3. The van der Waals surface area contributed by atoms with E-state index in [-0.39, 0.29) is 29.3 Å². The number of carbonyl (C=O) groups excluding carboxylic acids is 1. The molecule has 1 aliphatic rings. The Kier molecular flexibility index (Phi) is 6.46. The summed E-state index contributed by atoms with van der Waals surface area (Å²) in [6.07, 6.45) is 4.27. The largest absolute Gasteiger partial charge is 0.349 e. The van der Waals surface area contributed by atoms with E-state index in [2.05, 4.69) is 5.32 Å². The van der Waals surface area contributed by atoms with Crippen LogP contribution in [0.1, 0.15) is 37.8 Å². The fraction of sp³-hybridized carbons (Fsp3) is 0.588. The van der Waals surface area contributed by atoms with Crippen molar-refractivity contribution in [2.75, 3.05) is 25.6 Å². The molecule has 0 spiro atoms. The number of benzene rings is 1. The van der Waals surface area contributed by atoms with Crippen LogP contribution in [0.25, 0.3) is 0 Å². The summed E-state index contributed by atoms with van der Waals surface area (Å²) in [5.41, 5.74) is 0.823. The Morgan fingerprint density at radius 1 is 1.19 bits per heavy atom. The van der Waals surface area contributed by atoms with Crippen LogP contribution < -0.4 is 5.32 Å². The molecule has 0 aliphatic carbocycles. The summed E-state index contributed by atoms with van der Waals surface area (Å²) in [7, 11) is -6.56. The van der Waals surface area contributed by atoms with E-state index in [0.29, 0.717) is 25.8 Å². The molecular weight excluding hydrogens is 376 g/mol. The monoisotopic (exact) mass is 402 g/mol. The van der Waals surface area contributed by atoms with Gasteiger partial charge in [-0.1, -0.05) is 19.1 Å². The maximum atomic E-state index is 12.6. The molecule has 26 heavy (non-hydrogen) atoms. The predicted molar refractivity (Wildman–Crippen MR) is 99.9 cm³/mol. The SMILES string of the molecule is CC[C@H](NC(=O)[C@@H]1CCCN(S(C)(=O)=O)C1)c1ccc(S(C)(=O)=O)cc1. The first kappa shape index (κ1) is 20.9. The van der Waals surface area contributed by atoms with E-state index in [1.165, 1.54) is 16.4 Å². The zero-order valence-corrected chi connectivity index (χ0v) is 16.9. The van der Waals surface area contributed by atoms with Gasteiger partial charge in [0, 0.05) is 19.3 Å². The smallest absolute Gasteiger partial charge is 0.224 e. The van der Waals surface area contributed by atoms with Crippen LogP contribution >= 0.6 is 0 Å².